The van der Waals surface area contributed by atoms with Crippen molar-refractivity contribution in [1.82, 2.24) is 18.6 Å². The molecule has 0 radical (unpaired) electrons. The van der Waals surface area contributed by atoms with Crippen LogP contribution >= 0.6 is 23.2 Å². The molecule has 0 aliphatic rings. The summed E-state index contributed by atoms with van der Waals surface area (Å²) in [5.41, 5.74) is 0.647. The van der Waals surface area contributed by atoms with Crippen molar-refractivity contribution in [3.63, 3.8) is 0 Å². The van der Waals surface area contributed by atoms with Gasteiger partial charge in [-0.15, -0.1) is 0 Å². The fourth-order valence-electron chi connectivity index (χ4n) is 1.87. The molecule has 0 fully saturated rings. The summed E-state index contributed by atoms with van der Waals surface area (Å²) < 4.78 is 29.8. The minimum absolute atomic E-state index is 0.349. The second-order valence-corrected chi connectivity index (χ2v) is 7.64. The van der Waals surface area contributed by atoms with Gasteiger partial charge in [0.25, 0.3) is 10.2 Å². The van der Waals surface area contributed by atoms with Crippen molar-refractivity contribution in [3.05, 3.63) is 52.0 Å². The van der Waals surface area contributed by atoms with Gasteiger partial charge in [-0.25, -0.2) is 4.98 Å². The number of benzene rings is 1. The highest BCUT2D eigenvalue weighted by molar-refractivity contribution is 7.87. The molecule has 1 heterocycles. The molecule has 0 saturated carbocycles. The summed E-state index contributed by atoms with van der Waals surface area (Å²) in [6, 6.07) is 4.29. The number of halogens is 2. The number of hydrogen-bond acceptors (Lipinski definition) is 3. The van der Waals surface area contributed by atoms with Gasteiger partial charge < -0.3 is 4.57 Å². The van der Waals surface area contributed by atoms with E-state index in [4.69, 9.17) is 23.2 Å². The summed E-state index contributed by atoms with van der Waals surface area (Å²) in [6.45, 7) is 0. The smallest absolute Gasteiger partial charge is 0.279 e. The quantitative estimate of drug-likeness (QED) is 0.886. The average molecular weight is 363 g/mol. The van der Waals surface area contributed by atoms with Crippen molar-refractivity contribution in [2.75, 3.05) is 14.1 Å². The molecule has 2 aromatic rings. The fourth-order valence-corrected chi connectivity index (χ4v) is 2.93. The molecule has 6 nitrogen and oxygen atoms in total. The lowest BCUT2D eigenvalue weighted by Gasteiger charge is -2.21. The molecule has 2 rings (SSSR count). The maximum absolute atomic E-state index is 12.2. The minimum atomic E-state index is -3.66. The second kappa shape index (κ2) is 6.55. The molecule has 0 aliphatic carbocycles. The highest BCUT2D eigenvalue weighted by Crippen LogP contribution is 2.28. The van der Waals surface area contributed by atoms with Gasteiger partial charge in [0.15, 0.2) is 0 Å². The molecular weight excluding hydrogens is 347 g/mol. The predicted octanol–water partition coefficient (Wildman–Crippen LogP) is 2.21. The molecule has 0 bridgehead atoms. The van der Waals surface area contributed by atoms with Crippen LogP contribution in [-0.4, -0.2) is 36.4 Å². The van der Waals surface area contributed by atoms with E-state index in [1.54, 1.807) is 42.2 Å². The lowest BCUT2D eigenvalue weighted by molar-refractivity contribution is 0.493. The maximum atomic E-state index is 12.2. The molecule has 1 atom stereocenters. The Bertz CT molecular complexity index is 774. The molecule has 0 aliphatic heterocycles. The van der Waals surface area contributed by atoms with Gasteiger partial charge in [-0.3, -0.25) is 0 Å². The second-order valence-electron chi connectivity index (χ2n) is 4.91. The van der Waals surface area contributed by atoms with Crippen molar-refractivity contribution < 1.29 is 8.42 Å². The first-order valence-corrected chi connectivity index (χ1v) is 8.54. The molecule has 120 valence electrons. The highest BCUT2D eigenvalue weighted by Gasteiger charge is 2.26. The van der Waals surface area contributed by atoms with Crippen LogP contribution in [0.15, 0.2) is 30.6 Å². The fraction of sp³-hybridized carbons (Fsp3) is 0.308. The Morgan fingerprint density at radius 2 is 1.95 bits per heavy atom. The van der Waals surface area contributed by atoms with Gasteiger partial charge in [-0.05, 0) is 17.7 Å². The van der Waals surface area contributed by atoms with Crippen LogP contribution in [0.3, 0.4) is 0 Å². The zero-order valence-electron chi connectivity index (χ0n) is 12.3. The first-order chi connectivity index (χ1) is 10.2. The number of hydrogen-bond donors (Lipinski definition) is 1. The normalized spacial score (nSPS) is 13.5. The Labute approximate surface area is 139 Å². The van der Waals surface area contributed by atoms with Crippen molar-refractivity contribution in [1.29, 1.82) is 0 Å². The standard InChI is InChI=1S/C13H16Cl2N4O2S/c1-18(2)22(20,21)17-12(13-16-6-7-19(13)3)9-4-5-10(14)11(15)8-9/h4-8,12,17H,1-3H3. The van der Waals surface area contributed by atoms with E-state index in [9.17, 15) is 8.42 Å². The summed E-state index contributed by atoms with van der Waals surface area (Å²) in [4.78, 5) is 4.23. The summed E-state index contributed by atoms with van der Waals surface area (Å²) in [6.07, 6.45) is 3.34. The summed E-state index contributed by atoms with van der Waals surface area (Å²) in [5, 5.41) is 0.752. The number of nitrogens with zero attached hydrogens (tertiary/aromatic N) is 3. The number of nitrogens with one attached hydrogen (secondary N) is 1. The van der Waals surface area contributed by atoms with E-state index in [0.29, 0.717) is 21.4 Å². The molecular formula is C13H16Cl2N4O2S. The molecule has 1 N–H and O–H groups in total. The molecule has 0 saturated heterocycles. The van der Waals surface area contributed by atoms with E-state index in [-0.39, 0.29) is 0 Å². The van der Waals surface area contributed by atoms with Crippen molar-refractivity contribution >= 4 is 33.4 Å². The molecule has 9 heteroatoms. The third-order valence-corrected chi connectivity index (χ3v) is 5.38. The van der Waals surface area contributed by atoms with E-state index in [1.165, 1.54) is 14.1 Å². The van der Waals surface area contributed by atoms with Crippen LogP contribution in [0.1, 0.15) is 17.4 Å². The van der Waals surface area contributed by atoms with Crippen LogP contribution in [0.5, 0.6) is 0 Å². The van der Waals surface area contributed by atoms with E-state index in [1.807, 2.05) is 0 Å². The first-order valence-electron chi connectivity index (χ1n) is 6.34. The van der Waals surface area contributed by atoms with Gasteiger partial charge in [0, 0.05) is 33.5 Å². The van der Waals surface area contributed by atoms with Crippen LogP contribution in [0.25, 0.3) is 0 Å². The minimum Gasteiger partial charge on any atom is -0.336 e. The van der Waals surface area contributed by atoms with Crippen LogP contribution < -0.4 is 4.72 Å². The SMILES string of the molecule is CN(C)S(=O)(=O)NC(c1ccc(Cl)c(Cl)c1)c1nccn1C. The highest BCUT2D eigenvalue weighted by atomic mass is 35.5. The number of aromatic nitrogens is 2. The Balaban J connectivity index is 2.51. The number of imidazole rings is 1. The summed E-state index contributed by atoms with van der Waals surface area (Å²) >= 11 is 12.0. The Morgan fingerprint density at radius 3 is 2.45 bits per heavy atom. The van der Waals surface area contributed by atoms with E-state index < -0.39 is 16.3 Å². The molecule has 0 amide bonds. The topological polar surface area (TPSA) is 67.2 Å². The van der Waals surface area contributed by atoms with Crippen molar-refractivity contribution in [3.8, 4) is 0 Å². The molecule has 22 heavy (non-hydrogen) atoms. The van der Waals surface area contributed by atoms with Crippen molar-refractivity contribution in [2.45, 2.75) is 6.04 Å². The number of aryl methyl sites for hydroxylation is 1. The molecule has 1 unspecified atom stereocenters. The van der Waals surface area contributed by atoms with Crippen molar-refractivity contribution in [2.24, 2.45) is 7.05 Å². The van der Waals surface area contributed by atoms with Crippen LogP contribution in [0.4, 0.5) is 0 Å². The van der Waals surface area contributed by atoms with Gasteiger partial charge in [-0.1, -0.05) is 29.3 Å². The monoisotopic (exact) mass is 362 g/mol. The predicted molar refractivity (Wildman–Crippen MR) is 87.3 cm³/mol. The number of rotatable bonds is 5. The van der Waals surface area contributed by atoms with Crippen LogP contribution in [0, 0.1) is 0 Å². The zero-order chi connectivity index (χ0) is 16.5. The third-order valence-electron chi connectivity index (χ3n) is 3.14. The lowest BCUT2D eigenvalue weighted by Crippen LogP contribution is -2.39. The van der Waals surface area contributed by atoms with Gasteiger partial charge in [0.05, 0.1) is 10.0 Å². The Hall–Kier alpha value is -1.12. The van der Waals surface area contributed by atoms with Gasteiger partial charge >= 0.3 is 0 Å². The van der Waals surface area contributed by atoms with Gasteiger partial charge in [0.2, 0.25) is 0 Å². The zero-order valence-corrected chi connectivity index (χ0v) is 14.6. The van der Waals surface area contributed by atoms with Gasteiger partial charge in [-0.2, -0.15) is 17.4 Å². The van der Waals surface area contributed by atoms with E-state index in [2.05, 4.69) is 9.71 Å². The average Bonchev–Trinajstić information content (AvgIpc) is 2.85. The van der Waals surface area contributed by atoms with Crippen LogP contribution in [-0.2, 0) is 17.3 Å². The van der Waals surface area contributed by atoms with E-state index >= 15 is 0 Å². The largest absolute Gasteiger partial charge is 0.336 e. The Kier molecular flexibility index (Phi) is 5.14. The molecule has 1 aromatic heterocycles. The molecule has 0 spiro atoms. The summed E-state index contributed by atoms with van der Waals surface area (Å²) in [7, 11) is 1.03. The maximum Gasteiger partial charge on any atom is 0.279 e. The Morgan fingerprint density at radius 1 is 1.27 bits per heavy atom. The summed E-state index contributed by atoms with van der Waals surface area (Å²) in [5.74, 6) is 0.545. The third kappa shape index (κ3) is 3.61. The van der Waals surface area contributed by atoms with E-state index in [0.717, 1.165) is 4.31 Å². The first kappa shape index (κ1) is 17.2. The van der Waals surface area contributed by atoms with Gasteiger partial charge in [0.1, 0.15) is 11.9 Å². The molecule has 1 aromatic carbocycles. The lowest BCUT2D eigenvalue weighted by atomic mass is 10.1. The van der Waals surface area contributed by atoms with Crippen LogP contribution in [0.2, 0.25) is 10.0 Å².